The number of nitrogens with zero attached hydrogens (tertiary/aromatic N) is 3. The fourth-order valence-electron chi connectivity index (χ4n) is 0.617. The van der Waals surface area contributed by atoms with E-state index in [0.29, 0.717) is 6.29 Å². The van der Waals surface area contributed by atoms with Gasteiger partial charge in [-0.2, -0.15) is 10.1 Å². The molecule has 0 aromatic carbocycles. The summed E-state index contributed by atoms with van der Waals surface area (Å²) in [5, 5.41) is 7.13. The number of aldehydes is 1. The van der Waals surface area contributed by atoms with Gasteiger partial charge >= 0.3 is 6.01 Å². The first-order valence-corrected chi connectivity index (χ1v) is 3.54. The van der Waals surface area contributed by atoms with Gasteiger partial charge in [0, 0.05) is 0 Å². The molecule has 0 aliphatic carbocycles. The van der Waals surface area contributed by atoms with Crippen LogP contribution in [0, 0.1) is 0 Å². The van der Waals surface area contributed by atoms with E-state index >= 15 is 0 Å². The third-order valence-electron chi connectivity index (χ3n) is 1.02. The smallest absolute Gasteiger partial charge is 0.336 e. The second-order valence-corrected chi connectivity index (χ2v) is 2.45. The fourth-order valence-corrected chi connectivity index (χ4v) is 0.617. The summed E-state index contributed by atoms with van der Waals surface area (Å²) in [5.74, 6) is 0. The standard InChI is InChI=1S/C7H9N3O2/c1-5(2)12-7-9-6(4-11)3-8-10-7/h3-5H,1-2H3. The van der Waals surface area contributed by atoms with E-state index in [1.54, 1.807) is 0 Å². The molecule has 5 nitrogen and oxygen atoms in total. The number of carbonyl (C=O) groups excluding carboxylic acids is 1. The Hall–Kier alpha value is -1.52. The Bertz CT molecular complexity index is 275. The molecule has 1 heterocycles. The van der Waals surface area contributed by atoms with Crippen LogP contribution in [0.25, 0.3) is 0 Å². The van der Waals surface area contributed by atoms with Crippen LogP contribution >= 0.6 is 0 Å². The molecule has 0 aliphatic heterocycles. The van der Waals surface area contributed by atoms with Crippen molar-refractivity contribution >= 4 is 6.29 Å². The summed E-state index contributed by atoms with van der Waals surface area (Å²) < 4.78 is 5.11. The predicted molar refractivity (Wildman–Crippen MR) is 41.0 cm³/mol. The summed E-state index contributed by atoms with van der Waals surface area (Å²) in [6.07, 6.45) is 1.86. The molecule has 0 saturated carbocycles. The van der Waals surface area contributed by atoms with E-state index in [1.165, 1.54) is 6.20 Å². The third kappa shape index (κ3) is 2.26. The zero-order chi connectivity index (χ0) is 8.97. The zero-order valence-corrected chi connectivity index (χ0v) is 6.89. The van der Waals surface area contributed by atoms with Crippen molar-refractivity contribution in [1.29, 1.82) is 0 Å². The number of hydrogen-bond acceptors (Lipinski definition) is 5. The molecule has 0 atom stereocenters. The van der Waals surface area contributed by atoms with Gasteiger partial charge in [-0.25, -0.2) is 0 Å². The molecule has 0 saturated heterocycles. The molecule has 64 valence electrons. The topological polar surface area (TPSA) is 65.0 Å². The minimum absolute atomic E-state index is 0.0197. The van der Waals surface area contributed by atoms with Crippen LogP contribution in [0.4, 0.5) is 0 Å². The highest BCUT2D eigenvalue weighted by atomic mass is 16.5. The molecular formula is C7H9N3O2. The molecule has 0 radical (unpaired) electrons. The number of ether oxygens (including phenoxy) is 1. The van der Waals surface area contributed by atoms with Crippen LogP contribution in [0.5, 0.6) is 6.01 Å². The van der Waals surface area contributed by atoms with Gasteiger partial charge in [0.05, 0.1) is 12.3 Å². The maximum Gasteiger partial charge on any atom is 0.336 e. The molecule has 0 unspecified atom stereocenters. The maximum absolute atomic E-state index is 10.3. The first-order chi connectivity index (χ1) is 5.72. The Morgan fingerprint density at radius 1 is 1.58 bits per heavy atom. The number of carbonyl (C=O) groups is 1. The molecule has 0 N–H and O–H groups in total. The van der Waals surface area contributed by atoms with E-state index in [-0.39, 0.29) is 17.8 Å². The van der Waals surface area contributed by atoms with E-state index in [2.05, 4.69) is 15.2 Å². The lowest BCUT2D eigenvalue weighted by molar-refractivity contribution is 0.111. The summed E-state index contributed by atoms with van der Waals surface area (Å²) in [4.78, 5) is 14.0. The first kappa shape index (κ1) is 8.58. The van der Waals surface area contributed by atoms with Crippen molar-refractivity contribution in [3.05, 3.63) is 11.9 Å². The van der Waals surface area contributed by atoms with Crippen molar-refractivity contribution in [2.75, 3.05) is 0 Å². The Morgan fingerprint density at radius 3 is 2.92 bits per heavy atom. The van der Waals surface area contributed by atoms with Crippen molar-refractivity contribution < 1.29 is 9.53 Å². The van der Waals surface area contributed by atoms with Gasteiger partial charge in [-0.3, -0.25) is 4.79 Å². The van der Waals surface area contributed by atoms with E-state index in [0.717, 1.165) is 0 Å². The average molecular weight is 167 g/mol. The molecule has 12 heavy (non-hydrogen) atoms. The van der Waals surface area contributed by atoms with Crippen LogP contribution < -0.4 is 4.74 Å². The predicted octanol–water partition coefficient (Wildman–Crippen LogP) is 0.471. The van der Waals surface area contributed by atoms with Gasteiger partial charge in [0.2, 0.25) is 0 Å². The SMILES string of the molecule is CC(C)Oc1nncc(C=O)n1. The zero-order valence-electron chi connectivity index (χ0n) is 6.89. The van der Waals surface area contributed by atoms with Crippen LogP contribution in [0.15, 0.2) is 6.20 Å². The summed E-state index contributed by atoms with van der Waals surface area (Å²) >= 11 is 0. The average Bonchev–Trinajstić information content (AvgIpc) is 2.03. The van der Waals surface area contributed by atoms with Gasteiger partial charge in [0.1, 0.15) is 5.69 Å². The largest absolute Gasteiger partial charge is 0.460 e. The number of aromatic nitrogens is 3. The number of rotatable bonds is 3. The lowest BCUT2D eigenvalue weighted by Crippen LogP contribution is -2.09. The minimum Gasteiger partial charge on any atom is -0.460 e. The lowest BCUT2D eigenvalue weighted by atomic mass is 10.5. The minimum atomic E-state index is -0.0197. The molecule has 0 spiro atoms. The summed E-state index contributed by atoms with van der Waals surface area (Å²) in [6.45, 7) is 3.69. The third-order valence-corrected chi connectivity index (χ3v) is 1.02. The van der Waals surface area contributed by atoms with E-state index in [9.17, 15) is 4.79 Å². The molecule has 0 bridgehead atoms. The Balaban J connectivity index is 2.79. The fraction of sp³-hybridized carbons (Fsp3) is 0.429. The highest BCUT2D eigenvalue weighted by Gasteiger charge is 2.02. The van der Waals surface area contributed by atoms with Gasteiger partial charge in [-0.05, 0) is 13.8 Å². The van der Waals surface area contributed by atoms with Crippen molar-refractivity contribution in [3.8, 4) is 6.01 Å². The maximum atomic E-state index is 10.3. The quantitative estimate of drug-likeness (QED) is 0.612. The summed E-state index contributed by atoms with van der Waals surface area (Å²) in [6, 6.07) is 0.134. The Kier molecular flexibility index (Phi) is 2.68. The van der Waals surface area contributed by atoms with E-state index in [4.69, 9.17) is 4.74 Å². The monoisotopic (exact) mass is 167 g/mol. The van der Waals surface area contributed by atoms with Gasteiger partial charge < -0.3 is 4.74 Å². The summed E-state index contributed by atoms with van der Waals surface area (Å²) in [7, 11) is 0. The van der Waals surface area contributed by atoms with E-state index < -0.39 is 0 Å². The van der Waals surface area contributed by atoms with Crippen LogP contribution in [-0.2, 0) is 0 Å². The molecule has 1 aromatic rings. The van der Waals surface area contributed by atoms with Crippen LogP contribution in [-0.4, -0.2) is 27.6 Å². The second-order valence-electron chi connectivity index (χ2n) is 2.45. The molecule has 0 amide bonds. The van der Waals surface area contributed by atoms with Crippen LogP contribution in [0.2, 0.25) is 0 Å². The highest BCUT2D eigenvalue weighted by molar-refractivity contribution is 5.70. The van der Waals surface area contributed by atoms with Crippen molar-refractivity contribution in [3.63, 3.8) is 0 Å². The van der Waals surface area contributed by atoms with Gasteiger partial charge in [-0.1, -0.05) is 5.10 Å². The van der Waals surface area contributed by atoms with Crippen molar-refractivity contribution in [2.24, 2.45) is 0 Å². The van der Waals surface area contributed by atoms with Crippen molar-refractivity contribution in [2.45, 2.75) is 20.0 Å². The van der Waals surface area contributed by atoms with Gasteiger partial charge in [0.25, 0.3) is 0 Å². The molecule has 0 fully saturated rings. The van der Waals surface area contributed by atoms with Crippen LogP contribution in [0.3, 0.4) is 0 Å². The van der Waals surface area contributed by atoms with Gasteiger partial charge in [-0.15, -0.1) is 0 Å². The second kappa shape index (κ2) is 3.75. The Labute approximate surface area is 69.8 Å². The van der Waals surface area contributed by atoms with Gasteiger partial charge in [0.15, 0.2) is 6.29 Å². The number of hydrogen-bond donors (Lipinski definition) is 0. The van der Waals surface area contributed by atoms with E-state index in [1.807, 2.05) is 13.8 Å². The molecule has 0 aliphatic rings. The van der Waals surface area contributed by atoms with Crippen LogP contribution in [0.1, 0.15) is 24.3 Å². The molecule has 1 rings (SSSR count). The molecule has 5 heteroatoms. The molecule has 1 aromatic heterocycles. The highest BCUT2D eigenvalue weighted by Crippen LogP contribution is 2.01. The lowest BCUT2D eigenvalue weighted by Gasteiger charge is -2.05. The Morgan fingerprint density at radius 2 is 2.33 bits per heavy atom. The van der Waals surface area contributed by atoms with Crippen molar-refractivity contribution in [1.82, 2.24) is 15.2 Å². The molecular weight excluding hydrogens is 158 g/mol. The normalized spacial score (nSPS) is 9.92. The summed E-state index contributed by atoms with van der Waals surface area (Å²) in [5.41, 5.74) is 0.223. The first-order valence-electron chi connectivity index (χ1n) is 3.54.